The second-order valence-electron chi connectivity index (χ2n) is 7.19. The Labute approximate surface area is 196 Å². The third-order valence-corrected chi connectivity index (χ3v) is 5.51. The predicted octanol–water partition coefficient (Wildman–Crippen LogP) is 5.78. The number of aromatic nitrogens is 1. The second kappa shape index (κ2) is 10.3. The number of hydrogen-bond donors (Lipinski definition) is 1. The predicted molar refractivity (Wildman–Crippen MR) is 118 cm³/mol. The van der Waals surface area contributed by atoms with E-state index in [2.05, 4.69) is 4.74 Å². The summed E-state index contributed by atoms with van der Waals surface area (Å²) in [6, 6.07) is 13.2. The second-order valence-corrected chi connectivity index (χ2v) is 8.01. The van der Waals surface area contributed by atoms with Crippen LogP contribution < -0.4 is 10.3 Å². The Morgan fingerprint density at radius 2 is 1.64 bits per heavy atom. The highest BCUT2D eigenvalue weighted by atomic mass is 35.5. The van der Waals surface area contributed by atoms with E-state index >= 15 is 0 Å². The first kappa shape index (κ1) is 24.7. The molecule has 0 bridgehead atoms. The normalized spacial score (nSPS) is 11.4. The van der Waals surface area contributed by atoms with Gasteiger partial charge in [-0.3, -0.25) is 4.79 Å². The van der Waals surface area contributed by atoms with E-state index < -0.39 is 17.9 Å². The summed E-state index contributed by atoms with van der Waals surface area (Å²) in [6.07, 6.45) is -3.79. The van der Waals surface area contributed by atoms with Gasteiger partial charge in [0.1, 0.15) is 10.8 Å². The molecular formula is C23H18Cl2F3NO4. The van der Waals surface area contributed by atoms with Crippen molar-refractivity contribution in [3.05, 3.63) is 97.4 Å². The molecule has 0 radical (unpaired) electrons. The monoisotopic (exact) mass is 499 g/mol. The lowest BCUT2D eigenvalue weighted by Crippen LogP contribution is -2.25. The first-order chi connectivity index (χ1) is 15.5. The number of ether oxygens (including phenoxy) is 1. The van der Waals surface area contributed by atoms with Gasteiger partial charge in [-0.05, 0) is 60.7 Å². The molecule has 1 N–H and O–H groups in total. The van der Waals surface area contributed by atoms with Gasteiger partial charge in [-0.2, -0.15) is 0 Å². The lowest BCUT2D eigenvalue weighted by Gasteiger charge is -2.16. The molecule has 1 heterocycles. The quantitative estimate of drug-likeness (QED) is 0.426. The molecule has 2 aromatic carbocycles. The molecule has 0 saturated carbocycles. The van der Waals surface area contributed by atoms with Crippen LogP contribution in [0.3, 0.4) is 0 Å². The molecule has 0 atom stereocenters. The number of carbonyl (C=O) groups is 1. The zero-order valence-electron chi connectivity index (χ0n) is 17.0. The van der Waals surface area contributed by atoms with Gasteiger partial charge in [0.25, 0.3) is 5.56 Å². The van der Waals surface area contributed by atoms with Gasteiger partial charge in [0.15, 0.2) is 0 Å². The maximum Gasteiger partial charge on any atom is 0.573 e. The Bertz CT molecular complexity index is 1210. The van der Waals surface area contributed by atoms with Crippen LogP contribution in [-0.4, -0.2) is 22.0 Å². The molecule has 0 aliphatic carbocycles. The van der Waals surface area contributed by atoms with Crippen molar-refractivity contribution in [2.75, 3.05) is 0 Å². The van der Waals surface area contributed by atoms with Crippen molar-refractivity contribution in [2.45, 2.75) is 32.2 Å². The standard InChI is InChI=1S/C23H18Cl2F3NO4/c24-18-13-19(25)21(30)29(11-10-14-4-7-16(8-5-14)22(31)32)20(18)9-6-15-2-1-3-17(12-15)33-23(26,27)28/h1-5,7-8,12-13H,6,9-11H2,(H,31,32). The molecule has 3 rings (SSSR count). The SMILES string of the molecule is O=C(O)c1ccc(CCn2c(CCc3cccc(OC(F)(F)F)c3)c(Cl)cc(Cl)c2=O)cc1. The minimum absolute atomic E-state index is 0.0504. The molecule has 5 nitrogen and oxygen atoms in total. The summed E-state index contributed by atoms with van der Waals surface area (Å²) in [5.41, 5.74) is 1.60. The number of nitrogens with zero attached hydrogens (tertiary/aromatic N) is 1. The summed E-state index contributed by atoms with van der Waals surface area (Å²) in [6.45, 7) is 0.234. The summed E-state index contributed by atoms with van der Waals surface area (Å²) in [7, 11) is 0. The Morgan fingerprint density at radius 1 is 0.939 bits per heavy atom. The van der Waals surface area contributed by atoms with Crippen molar-refractivity contribution < 1.29 is 27.8 Å². The number of pyridine rings is 1. The number of aromatic carboxylic acids is 1. The molecule has 1 aromatic heterocycles. The van der Waals surface area contributed by atoms with Crippen LogP contribution >= 0.6 is 23.2 Å². The summed E-state index contributed by atoms with van der Waals surface area (Å²) in [4.78, 5) is 23.7. The lowest BCUT2D eigenvalue weighted by molar-refractivity contribution is -0.274. The molecule has 0 unspecified atom stereocenters. The van der Waals surface area contributed by atoms with Gasteiger partial charge in [0.2, 0.25) is 0 Å². The zero-order valence-corrected chi connectivity index (χ0v) is 18.5. The van der Waals surface area contributed by atoms with Gasteiger partial charge in [-0.15, -0.1) is 13.2 Å². The van der Waals surface area contributed by atoms with Crippen molar-refractivity contribution in [3.8, 4) is 5.75 Å². The molecule has 0 saturated heterocycles. The highest BCUT2D eigenvalue weighted by Gasteiger charge is 2.31. The first-order valence-corrected chi connectivity index (χ1v) is 10.5. The van der Waals surface area contributed by atoms with Crippen LogP contribution in [-0.2, 0) is 25.8 Å². The van der Waals surface area contributed by atoms with Gasteiger partial charge < -0.3 is 14.4 Å². The van der Waals surface area contributed by atoms with E-state index in [1.54, 1.807) is 18.2 Å². The Balaban J connectivity index is 1.80. The molecule has 10 heteroatoms. The van der Waals surface area contributed by atoms with Crippen LogP contribution in [0.25, 0.3) is 0 Å². The minimum atomic E-state index is -4.79. The van der Waals surface area contributed by atoms with E-state index in [1.807, 2.05) is 0 Å². The van der Waals surface area contributed by atoms with Crippen LogP contribution in [0.2, 0.25) is 10.0 Å². The number of aryl methyl sites for hydroxylation is 2. The Kier molecular flexibility index (Phi) is 7.71. The van der Waals surface area contributed by atoms with E-state index in [0.717, 1.165) is 5.56 Å². The topological polar surface area (TPSA) is 68.5 Å². The number of halogens is 5. The van der Waals surface area contributed by atoms with Crippen LogP contribution in [0, 0.1) is 0 Å². The van der Waals surface area contributed by atoms with E-state index in [1.165, 1.54) is 41.0 Å². The number of carboxylic acids is 1. The van der Waals surface area contributed by atoms with Crippen LogP contribution in [0.1, 0.15) is 27.2 Å². The summed E-state index contributed by atoms with van der Waals surface area (Å²) >= 11 is 12.4. The minimum Gasteiger partial charge on any atom is -0.478 e. The average Bonchev–Trinajstić information content (AvgIpc) is 2.74. The number of hydrogen-bond acceptors (Lipinski definition) is 3. The highest BCUT2D eigenvalue weighted by Crippen LogP contribution is 2.25. The highest BCUT2D eigenvalue weighted by molar-refractivity contribution is 6.34. The van der Waals surface area contributed by atoms with Crippen molar-refractivity contribution in [1.29, 1.82) is 0 Å². The van der Waals surface area contributed by atoms with Gasteiger partial charge >= 0.3 is 12.3 Å². The van der Waals surface area contributed by atoms with Gasteiger partial charge in [-0.25, -0.2) is 4.79 Å². The van der Waals surface area contributed by atoms with E-state index in [9.17, 15) is 22.8 Å². The van der Waals surface area contributed by atoms with Gasteiger partial charge in [-0.1, -0.05) is 47.5 Å². The van der Waals surface area contributed by atoms with Crippen LogP contribution in [0.5, 0.6) is 5.75 Å². The van der Waals surface area contributed by atoms with Gasteiger partial charge in [0.05, 0.1) is 10.6 Å². The number of alkyl halides is 3. The summed E-state index contributed by atoms with van der Waals surface area (Å²) in [5.74, 6) is -1.37. The first-order valence-electron chi connectivity index (χ1n) is 9.78. The smallest absolute Gasteiger partial charge is 0.478 e. The third kappa shape index (κ3) is 6.76. The lowest BCUT2D eigenvalue weighted by atomic mass is 10.1. The molecule has 0 fully saturated rings. The number of benzene rings is 2. The zero-order chi connectivity index (χ0) is 24.2. The molecule has 33 heavy (non-hydrogen) atoms. The fourth-order valence-electron chi connectivity index (χ4n) is 3.34. The Hall–Kier alpha value is -2.97. The van der Waals surface area contributed by atoms with E-state index in [-0.39, 0.29) is 34.3 Å². The average molecular weight is 500 g/mol. The molecule has 174 valence electrons. The maximum atomic E-state index is 12.7. The van der Waals surface area contributed by atoms with Crippen molar-refractivity contribution >= 4 is 29.2 Å². The molecular weight excluding hydrogens is 482 g/mol. The van der Waals surface area contributed by atoms with Crippen LogP contribution in [0.4, 0.5) is 13.2 Å². The van der Waals surface area contributed by atoms with Gasteiger partial charge in [0, 0.05) is 12.2 Å². The van der Waals surface area contributed by atoms with E-state index in [0.29, 0.717) is 24.1 Å². The fraction of sp³-hybridized carbons (Fsp3) is 0.217. The van der Waals surface area contributed by atoms with Crippen molar-refractivity contribution in [2.24, 2.45) is 0 Å². The third-order valence-electron chi connectivity index (χ3n) is 4.91. The Morgan fingerprint density at radius 3 is 2.27 bits per heavy atom. The largest absolute Gasteiger partial charge is 0.573 e. The van der Waals surface area contributed by atoms with Crippen molar-refractivity contribution in [1.82, 2.24) is 4.57 Å². The van der Waals surface area contributed by atoms with Crippen LogP contribution in [0.15, 0.2) is 59.4 Å². The summed E-state index contributed by atoms with van der Waals surface area (Å²) in [5, 5.41) is 9.22. The maximum absolute atomic E-state index is 12.7. The molecule has 3 aromatic rings. The van der Waals surface area contributed by atoms with Crippen molar-refractivity contribution in [3.63, 3.8) is 0 Å². The number of rotatable bonds is 8. The number of carboxylic acid groups (broad SMARTS) is 1. The molecule has 0 spiro atoms. The molecule has 0 aliphatic heterocycles. The summed E-state index contributed by atoms with van der Waals surface area (Å²) < 4.78 is 42.8. The molecule has 0 amide bonds. The fourth-order valence-corrected chi connectivity index (χ4v) is 3.92. The van der Waals surface area contributed by atoms with E-state index in [4.69, 9.17) is 28.3 Å². The molecule has 0 aliphatic rings.